The highest BCUT2D eigenvalue weighted by Gasteiger charge is 2.19. The van der Waals surface area contributed by atoms with Gasteiger partial charge in [-0.05, 0) is 12.8 Å². The van der Waals surface area contributed by atoms with Crippen molar-refractivity contribution in [1.82, 2.24) is 20.9 Å². The van der Waals surface area contributed by atoms with Crippen molar-refractivity contribution in [1.29, 1.82) is 0 Å². The zero-order valence-electron chi connectivity index (χ0n) is 12.8. The van der Waals surface area contributed by atoms with Crippen molar-refractivity contribution >= 4 is 11.8 Å². The number of rotatable bonds is 4. The predicted octanol–water partition coefficient (Wildman–Crippen LogP) is -0.153. The molecule has 6 nitrogen and oxygen atoms in total. The van der Waals surface area contributed by atoms with Gasteiger partial charge in [0, 0.05) is 45.3 Å². The van der Waals surface area contributed by atoms with Gasteiger partial charge in [0.05, 0.1) is 0 Å². The molecule has 2 amide bonds. The second kappa shape index (κ2) is 9.00. The molecule has 0 aromatic rings. The monoisotopic (exact) mass is 296 g/mol. The first kappa shape index (κ1) is 16.2. The molecule has 1 saturated heterocycles. The lowest BCUT2D eigenvalue weighted by Crippen LogP contribution is -2.48. The summed E-state index contributed by atoms with van der Waals surface area (Å²) in [6, 6.07) is 0.180. The van der Waals surface area contributed by atoms with Crippen LogP contribution in [-0.4, -0.2) is 62.0 Å². The van der Waals surface area contributed by atoms with Gasteiger partial charge in [-0.25, -0.2) is 0 Å². The standard InChI is InChI=1S/C15H28N4O2/c20-14(17-9-12-19-10-7-16-8-11-19)15(21)18-13-5-3-1-2-4-6-13/h13,16H,1-12H2,(H,17,20)(H,18,21). The van der Waals surface area contributed by atoms with Gasteiger partial charge in [0.15, 0.2) is 0 Å². The SMILES string of the molecule is O=C(NCCN1CCNCC1)C(=O)NC1CCCCCC1. The summed E-state index contributed by atoms with van der Waals surface area (Å²) in [4.78, 5) is 25.9. The maximum absolute atomic E-state index is 11.9. The molecule has 21 heavy (non-hydrogen) atoms. The van der Waals surface area contributed by atoms with Crippen LogP contribution in [-0.2, 0) is 9.59 Å². The maximum Gasteiger partial charge on any atom is 0.309 e. The molecular weight excluding hydrogens is 268 g/mol. The zero-order valence-corrected chi connectivity index (χ0v) is 12.8. The van der Waals surface area contributed by atoms with Crippen molar-refractivity contribution < 1.29 is 9.59 Å². The molecule has 0 unspecified atom stereocenters. The Morgan fingerprint density at radius 2 is 1.67 bits per heavy atom. The van der Waals surface area contributed by atoms with Gasteiger partial charge in [-0.3, -0.25) is 14.5 Å². The third kappa shape index (κ3) is 6.01. The number of hydrogen-bond donors (Lipinski definition) is 3. The quantitative estimate of drug-likeness (QED) is 0.498. The Kier molecular flexibility index (Phi) is 6.95. The minimum absolute atomic E-state index is 0.180. The van der Waals surface area contributed by atoms with Gasteiger partial charge in [0.2, 0.25) is 0 Å². The van der Waals surface area contributed by atoms with Crippen molar-refractivity contribution in [2.45, 2.75) is 44.6 Å². The van der Waals surface area contributed by atoms with E-state index in [0.29, 0.717) is 6.54 Å². The van der Waals surface area contributed by atoms with Crippen LogP contribution >= 0.6 is 0 Å². The molecule has 1 heterocycles. The molecule has 0 atom stereocenters. The van der Waals surface area contributed by atoms with Gasteiger partial charge >= 0.3 is 11.8 Å². The summed E-state index contributed by atoms with van der Waals surface area (Å²) in [6.07, 6.45) is 6.78. The highest BCUT2D eigenvalue weighted by molar-refractivity contribution is 6.35. The zero-order chi connectivity index (χ0) is 14.9. The first-order chi connectivity index (χ1) is 10.3. The molecule has 0 spiro atoms. The van der Waals surface area contributed by atoms with Crippen LogP contribution in [0.2, 0.25) is 0 Å². The van der Waals surface area contributed by atoms with Crippen LogP contribution in [0.3, 0.4) is 0 Å². The fourth-order valence-corrected chi connectivity index (χ4v) is 3.02. The normalized spacial score (nSPS) is 21.5. The number of carbonyl (C=O) groups excluding carboxylic acids is 2. The molecule has 1 saturated carbocycles. The largest absolute Gasteiger partial charge is 0.347 e. The molecule has 0 radical (unpaired) electrons. The molecule has 6 heteroatoms. The average Bonchev–Trinajstić information content (AvgIpc) is 2.77. The molecule has 0 bridgehead atoms. The molecule has 0 aromatic carbocycles. The van der Waals surface area contributed by atoms with Gasteiger partial charge in [-0.15, -0.1) is 0 Å². The molecule has 2 rings (SSSR count). The van der Waals surface area contributed by atoms with Gasteiger partial charge < -0.3 is 16.0 Å². The van der Waals surface area contributed by atoms with Crippen LogP contribution in [0.25, 0.3) is 0 Å². The average molecular weight is 296 g/mol. The Labute approximate surface area is 127 Å². The highest BCUT2D eigenvalue weighted by Crippen LogP contribution is 2.16. The van der Waals surface area contributed by atoms with Crippen molar-refractivity contribution in [3.63, 3.8) is 0 Å². The molecule has 1 aliphatic heterocycles. The first-order valence-electron chi connectivity index (χ1n) is 8.27. The molecular formula is C15H28N4O2. The Morgan fingerprint density at radius 1 is 1.00 bits per heavy atom. The molecule has 2 aliphatic rings. The van der Waals surface area contributed by atoms with E-state index < -0.39 is 11.8 Å². The second-order valence-electron chi connectivity index (χ2n) is 6.01. The van der Waals surface area contributed by atoms with E-state index in [1.165, 1.54) is 12.8 Å². The Balaban J connectivity index is 1.61. The Morgan fingerprint density at radius 3 is 2.33 bits per heavy atom. The highest BCUT2D eigenvalue weighted by atomic mass is 16.2. The maximum atomic E-state index is 11.9. The van der Waals surface area contributed by atoms with Crippen LogP contribution in [0.15, 0.2) is 0 Å². The molecule has 1 aliphatic carbocycles. The topological polar surface area (TPSA) is 73.5 Å². The predicted molar refractivity (Wildman–Crippen MR) is 82.0 cm³/mol. The molecule has 2 fully saturated rings. The summed E-state index contributed by atoms with van der Waals surface area (Å²) in [7, 11) is 0. The third-order valence-electron chi connectivity index (χ3n) is 4.32. The van der Waals surface area contributed by atoms with E-state index >= 15 is 0 Å². The van der Waals surface area contributed by atoms with Gasteiger partial charge in [0.1, 0.15) is 0 Å². The number of nitrogens with zero attached hydrogens (tertiary/aromatic N) is 1. The van der Waals surface area contributed by atoms with Gasteiger partial charge in [-0.1, -0.05) is 25.7 Å². The first-order valence-corrected chi connectivity index (χ1v) is 8.27. The lowest BCUT2D eigenvalue weighted by atomic mass is 10.1. The molecule has 120 valence electrons. The van der Waals surface area contributed by atoms with Crippen LogP contribution in [0.5, 0.6) is 0 Å². The fraction of sp³-hybridized carbons (Fsp3) is 0.867. The fourth-order valence-electron chi connectivity index (χ4n) is 3.02. The van der Waals surface area contributed by atoms with E-state index in [2.05, 4.69) is 20.9 Å². The Hall–Kier alpha value is -1.14. The van der Waals surface area contributed by atoms with E-state index in [9.17, 15) is 9.59 Å². The van der Waals surface area contributed by atoms with Crippen molar-refractivity contribution in [2.75, 3.05) is 39.3 Å². The van der Waals surface area contributed by atoms with Crippen molar-refractivity contribution in [2.24, 2.45) is 0 Å². The van der Waals surface area contributed by atoms with Crippen LogP contribution in [0, 0.1) is 0 Å². The number of hydrogen-bond acceptors (Lipinski definition) is 4. The summed E-state index contributed by atoms with van der Waals surface area (Å²) < 4.78 is 0. The molecule has 0 aromatic heterocycles. The number of carbonyl (C=O) groups is 2. The Bertz CT molecular complexity index is 335. The summed E-state index contributed by atoms with van der Waals surface area (Å²) in [6.45, 7) is 5.35. The summed E-state index contributed by atoms with van der Waals surface area (Å²) in [5.74, 6) is -0.961. The minimum atomic E-state index is -0.491. The second-order valence-corrected chi connectivity index (χ2v) is 6.01. The lowest BCUT2D eigenvalue weighted by Gasteiger charge is -2.27. The third-order valence-corrected chi connectivity index (χ3v) is 4.32. The summed E-state index contributed by atoms with van der Waals surface area (Å²) in [5, 5.41) is 8.88. The summed E-state index contributed by atoms with van der Waals surface area (Å²) in [5.41, 5.74) is 0. The molecule has 3 N–H and O–H groups in total. The number of piperazine rings is 1. The summed E-state index contributed by atoms with van der Waals surface area (Å²) >= 11 is 0. The van der Waals surface area contributed by atoms with Crippen LogP contribution < -0.4 is 16.0 Å². The smallest absolute Gasteiger partial charge is 0.309 e. The van der Waals surface area contributed by atoms with E-state index in [0.717, 1.165) is 58.4 Å². The van der Waals surface area contributed by atoms with E-state index in [4.69, 9.17) is 0 Å². The van der Waals surface area contributed by atoms with Gasteiger partial charge in [0.25, 0.3) is 0 Å². The van der Waals surface area contributed by atoms with E-state index in [-0.39, 0.29) is 6.04 Å². The minimum Gasteiger partial charge on any atom is -0.347 e. The van der Waals surface area contributed by atoms with Crippen molar-refractivity contribution in [3.8, 4) is 0 Å². The lowest BCUT2D eigenvalue weighted by molar-refractivity contribution is -0.139. The van der Waals surface area contributed by atoms with Crippen molar-refractivity contribution in [3.05, 3.63) is 0 Å². The van der Waals surface area contributed by atoms with Crippen LogP contribution in [0.1, 0.15) is 38.5 Å². The number of nitrogens with one attached hydrogen (secondary N) is 3. The van der Waals surface area contributed by atoms with Crippen LogP contribution in [0.4, 0.5) is 0 Å². The van der Waals surface area contributed by atoms with E-state index in [1.807, 2.05) is 0 Å². The number of amides is 2. The van der Waals surface area contributed by atoms with Gasteiger partial charge in [-0.2, -0.15) is 0 Å². The van der Waals surface area contributed by atoms with E-state index in [1.54, 1.807) is 0 Å².